The molecule has 0 aliphatic carbocycles. The fourth-order valence-corrected chi connectivity index (χ4v) is 2.51. The van der Waals surface area contributed by atoms with E-state index in [1.807, 2.05) is 25.1 Å². The Morgan fingerprint density at radius 2 is 2.19 bits per heavy atom. The van der Waals surface area contributed by atoms with Crippen LogP contribution in [-0.2, 0) is 4.79 Å². The fraction of sp³-hybridized carbons (Fsp3) is 0.562. The van der Waals surface area contributed by atoms with Gasteiger partial charge in [-0.1, -0.05) is 11.6 Å². The van der Waals surface area contributed by atoms with Gasteiger partial charge in [0.05, 0.1) is 6.61 Å². The van der Waals surface area contributed by atoms with Gasteiger partial charge in [0.25, 0.3) is 0 Å². The molecule has 0 unspecified atom stereocenters. The van der Waals surface area contributed by atoms with Crippen LogP contribution in [0.2, 0.25) is 5.02 Å². The summed E-state index contributed by atoms with van der Waals surface area (Å²) in [6.45, 7) is 4.47. The lowest BCUT2D eigenvalue weighted by atomic mass is 10.1. The van der Waals surface area contributed by atoms with E-state index in [1.165, 1.54) is 0 Å². The lowest BCUT2D eigenvalue weighted by Crippen LogP contribution is -2.42. The minimum atomic E-state index is 0.123. The first-order valence-electron chi connectivity index (χ1n) is 7.54. The van der Waals surface area contributed by atoms with E-state index in [4.69, 9.17) is 16.3 Å². The number of carbonyl (C=O) groups is 1. The molecule has 1 aromatic carbocycles. The molecule has 1 heterocycles. The Bertz CT molecular complexity index is 473. The monoisotopic (exact) mass is 310 g/mol. The average molecular weight is 311 g/mol. The van der Waals surface area contributed by atoms with E-state index in [0.29, 0.717) is 19.1 Å². The molecular weight excluding hydrogens is 288 g/mol. The predicted octanol–water partition coefficient (Wildman–Crippen LogP) is 2.68. The second kappa shape index (κ2) is 8.25. The molecule has 0 aromatic heterocycles. The van der Waals surface area contributed by atoms with Gasteiger partial charge in [0.2, 0.25) is 5.91 Å². The summed E-state index contributed by atoms with van der Waals surface area (Å²) in [6, 6.07) is 5.93. The maximum atomic E-state index is 11.8. The molecule has 2 rings (SSSR count). The molecule has 0 bridgehead atoms. The van der Waals surface area contributed by atoms with Crippen molar-refractivity contribution in [3.05, 3.63) is 28.8 Å². The average Bonchev–Trinajstić information content (AvgIpc) is 2.48. The maximum Gasteiger partial charge on any atom is 0.220 e. The zero-order valence-electron chi connectivity index (χ0n) is 12.5. The number of rotatable bonds is 6. The van der Waals surface area contributed by atoms with Gasteiger partial charge >= 0.3 is 0 Å². The number of hydrogen-bond donors (Lipinski definition) is 2. The largest absolute Gasteiger partial charge is 0.494 e. The van der Waals surface area contributed by atoms with Gasteiger partial charge in [-0.25, -0.2) is 0 Å². The molecule has 0 atom stereocenters. The van der Waals surface area contributed by atoms with Crippen LogP contribution in [0.15, 0.2) is 18.2 Å². The van der Waals surface area contributed by atoms with E-state index in [1.54, 1.807) is 0 Å². The number of hydrogen-bond acceptors (Lipinski definition) is 3. The van der Waals surface area contributed by atoms with Crippen LogP contribution in [0.1, 0.15) is 31.2 Å². The Hall–Kier alpha value is -1.26. The van der Waals surface area contributed by atoms with Gasteiger partial charge in [-0.2, -0.15) is 0 Å². The molecule has 1 amide bonds. The maximum absolute atomic E-state index is 11.8. The SMILES string of the molecule is Cc1cc(OCCCC(=O)NC2CCNCC2)ccc1Cl. The molecule has 1 fully saturated rings. The van der Waals surface area contributed by atoms with Crippen molar-refractivity contribution in [1.82, 2.24) is 10.6 Å². The number of carbonyl (C=O) groups excluding carboxylic acids is 1. The molecule has 1 saturated heterocycles. The molecular formula is C16H23ClN2O2. The highest BCUT2D eigenvalue weighted by molar-refractivity contribution is 6.31. The van der Waals surface area contributed by atoms with Gasteiger partial charge in [0, 0.05) is 17.5 Å². The van der Waals surface area contributed by atoms with Crippen molar-refractivity contribution in [2.24, 2.45) is 0 Å². The van der Waals surface area contributed by atoms with Crippen molar-refractivity contribution in [3.63, 3.8) is 0 Å². The van der Waals surface area contributed by atoms with Crippen LogP contribution in [0.25, 0.3) is 0 Å². The molecule has 0 spiro atoms. The van der Waals surface area contributed by atoms with E-state index in [9.17, 15) is 4.79 Å². The summed E-state index contributed by atoms with van der Waals surface area (Å²) in [6.07, 6.45) is 3.27. The highest BCUT2D eigenvalue weighted by Crippen LogP contribution is 2.21. The van der Waals surface area contributed by atoms with Crippen molar-refractivity contribution in [3.8, 4) is 5.75 Å². The number of halogens is 1. The number of nitrogens with one attached hydrogen (secondary N) is 2. The zero-order chi connectivity index (χ0) is 15.1. The van der Waals surface area contributed by atoms with E-state index >= 15 is 0 Å². The van der Waals surface area contributed by atoms with Gasteiger partial charge in [0.15, 0.2) is 0 Å². The highest BCUT2D eigenvalue weighted by atomic mass is 35.5. The summed E-state index contributed by atoms with van der Waals surface area (Å²) in [7, 11) is 0. The van der Waals surface area contributed by atoms with Crippen molar-refractivity contribution in [1.29, 1.82) is 0 Å². The fourth-order valence-electron chi connectivity index (χ4n) is 2.40. The summed E-state index contributed by atoms with van der Waals surface area (Å²) >= 11 is 5.96. The number of amides is 1. The third-order valence-electron chi connectivity index (χ3n) is 3.65. The predicted molar refractivity (Wildman–Crippen MR) is 85.0 cm³/mol. The van der Waals surface area contributed by atoms with E-state index in [-0.39, 0.29) is 5.91 Å². The molecule has 4 nitrogen and oxygen atoms in total. The van der Waals surface area contributed by atoms with Crippen LogP contribution in [0.3, 0.4) is 0 Å². The summed E-state index contributed by atoms with van der Waals surface area (Å²) in [5, 5.41) is 7.11. The Balaban J connectivity index is 1.62. The topological polar surface area (TPSA) is 50.4 Å². The van der Waals surface area contributed by atoms with Crippen LogP contribution in [-0.4, -0.2) is 31.6 Å². The summed E-state index contributed by atoms with van der Waals surface area (Å²) in [4.78, 5) is 11.8. The summed E-state index contributed by atoms with van der Waals surface area (Å²) < 4.78 is 5.63. The number of piperidine rings is 1. The second-order valence-electron chi connectivity index (χ2n) is 5.45. The Kier molecular flexibility index (Phi) is 6.33. The first-order chi connectivity index (χ1) is 10.1. The van der Waals surface area contributed by atoms with Gasteiger partial charge < -0.3 is 15.4 Å². The van der Waals surface area contributed by atoms with Gasteiger partial charge in [-0.05, 0) is 63.0 Å². The minimum Gasteiger partial charge on any atom is -0.494 e. The molecule has 5 heteroatoms. The smallest absolute Gasteiger partial charge is 0.220 e. The summed E-state index contributed by atoms with van der Waals surface area (Å²) in [5.74, 6) is 0.924. The Labute approximate surface area is 131 Å². The van der Waals surface area contributed by atoms with Crippen molar-refractivity contribution < 1.29 is 9.53 Å². The van der Waals surface area contributed by atoms with Crippen LogP contribution in [0.5, 0.6) is 5.75 Å². The minimum absolute atomic E-state index is 0.123. The lowest BCUT2D eigenvalue weighted by molar-refractivity contribution is -0.122. The van der Waals surface area contributed by atoms with Crippen molar-refractivity contribution in [2.75, 3.05) is 19.7 Å². The van der Waals surface area contributed by atoms with Gasteiger partial charge in [-0.15, -0.1) is 0 Å². The molecule has 2 N–H and O–H groups in total. The molecule has 21 heavy (non-hydrogen) atoms. The molecule has 0 radical (unpaired) electrons. The number of ether oxygens (including phenoxy) is 1. The van der Waals surface area contributed by atoms with E-state index in [0.717, 1.165) is 48.7 Å². The van der Waals surface area contributed by atoms with Gasteiger partial charge in [-0.3, -0.25) is 4.79 Å². The molecule has 0 saturated carbocycles. The molecule has 1 aliphatic rings. The zero-order valence-corrected chi connectivity index (χ0v) is 13.2. The third-order valence-corrected chi connectivity index (χ3v) is 4.07. The van der Waals surface area contributed by atoms with E-state index in [2.05, 4.69) is 10.6 Å². The normalized spacial score (nSPS) is 15.7. The standard InChI is InChI=1S/C16H23ClN2O2/c1-12-11-14(4-5-15(12)17)21-10-2-3-16(20)19-13-6-8-18-9-7-13/h4-5,11,13,18H,2-3,6-10H2,1H3,(H,19,20). The van der Waals surface area contributed by atoms with Gasteiger partial charge in [0.1, 0.15) is 5.75 Å². The first-order valence-corrected chi connectivity index (χ1v) is 7.92. The molecule has 1 aromatic rings. The Morgan fingerprint density at radius 1 is 1.43 bits per heavy atom. The molecule has 1 aliphatic heterocycles. The van der Waals surface area contributed by atoms with Crippen LogP contribution in [0.4, 0.5) is 0 Å². The number of benzene rings is 1. The van der Waals surface area contributed by atoms with E-state index < -0.39 is 0 Å². The Morgan fingerprint density at radius 3 is 2.90 bits per heavy atom. The lowest BCUT2D eigenvalue weighted by Gasteiger charge is -2.23. The van der Waals surface area contributed by atoms with Crippen LogP contribution < -0.4 is 15.4 Å². The van der Waals surface area contributed by atoms with Crippen molar-refractivity contribution in [2.45, 2.75) is 38.6 Å². The highest BCUT2D eigenvalue weighted by Gasteiger charge is 2.14. The van der Waals surface area contributed by atoms with Crippen LogP contribution in [0, 0.1) is 6.92 Å². The summed E-state index contributed by atoms with van der Waals surface area (Å²) in [5.41, 5.74) is 0.998. The quantitative estimate of drug-likeness (QED) is 0.794. The first kappa shape index (κ1) is 16.1. The second-order valence-corrected chi connectivity index (χ2v) is 5.86. The van der Waals surface area contributed by atoms with Crippen molar-refractivity contribution >= 4 is 17.5 Å². The third kappa shape index (κ3) is 5.56. The number of aryl methyl sites for hydroxylation is 1. The van der Waals surface area contributed by atoms with Crippen LogP contribution >= 0.6 is 11.6 Å². The molecule has 116 valence electrons.